The highest BCUT2D eigenvalue weighted by Gasteiger charge is 2.29. The minimum atomic E-state index is 0.00713. The smallest absolute Gasteiger partial charge is 0.220 e. The lowest BCUT2D eigenvalue weighted by molar-refractivity contribution is -0.122. The molecule has 0 aliphatic carbocycles. The molecule has 116 valence electrons. The van der Waals surface area contributed by atoms with Crippen LogP contribution in [0.1, 0.15) is 32.3 Å². The van der Waals surface area contributed by atoms with Crippen LogP contribution in [0.2, 0.25) is 0 Å². The van der Waals surface area contributed by atoms with Crippen molar-refractivity contribution in [3.63, 3.8) is 0 Å². The number of amides is 1. The van der Waals surface area contributed by atoms with E-state index in [-0.39, 0.29) is 23.5 Å². The number of hydrogen-bond donors (Lipinski definition) is 2. The third-order valence-electron chi connectivity index (χ3n) is 4.34. The highest BCUT2D eigenvalue weighted by atomic mass is 16.5. The van der Waals surface area contributed by atoms with Crippen LogP contribution in [0.4, 0.5) is 0 Å². The first-order valence-corrected chi connectivity index (χ1v) is 7.61. The van der Waals surface area contributed by atoms with Crippen molar-refractivity contribution in [1.82, 2.24) is 10.6 Å². The summed E-state index contributed by atoms with van der Waals surface area (Å²) in [5, 5.41) is 6.31. The highest BCUT2D eigenvalue weighted by Crippen LogP contribution is 2.28. The molecule has 21 heavy (non-hydrogen) atoms. The maximum Gasteiger partial charge on any atom is 0.220 e. The molecule has 1 aliphatic rings. The first kappa shape index (κ1) is 16.0. The van der Waals surface area contributed by atoms with Gasteiger partial charge < -0.3 is 15.4 Å². The van der Waals surface area contributed by atoms with Crippen molar-refractivity contribution in [2.24, 2.45) is 0 Å². The third-order valence-corrected chi connectivity index (χ3v) is 4.34. The first-order valence-electron chi connectivity index (χ1n) is 7.61. The summed E-state index contributed by atoms with van der Waals surface area (Å²) in [5.74, 6) is 0.106. The van der Waals surface area contributed by atoms with Crippen molar-refractivity contribution in [2.75, 3.05) is 20.2 Å². The van der Waals surface area contributed by atoms with Gasteiger partial charge in [0, 0.05) is 26.6 Å². The Morgan fingerprint density at radius 1 is 1.33 bits per heavy atom. The lowest BCUT2D eigenvalue weighted by Crippen LogP contribution is -2.43. The van der Waals surface area contributed by atoms with Gasteiger partial charge in [0.1, 0.15) is 0 Å². The fourth-order valence-electron chi connectivity index (χ4n) is 2.79. The molecule has 4 nitrogen and oxygen atoms in total. The van der Waals surface area contributed by atoms with E-state index in [1.807, 2.05) is 18.2 Å². The molecule has 0 aromatic heterocycles. The highest BCUT2D eigenvalue weighted by molar-refractivity contribution is 5.76. The van der Waals surface area contributed by atoms with Crippen LogP contribution in [0, 0.1) is 0 Å². The molecular formula is C17H26N2O2. The number of carbonyl (C=O) groups excluding carboxylic acids is 1. The number of hydrogen-bond acceptors (Lipinski definition) is 3. The molecule has 4 heteroatoms. The number of ether oxygens (including phenoxy) is 1. The molecule has 0 unspecified atom stereocenters. The summed E-state index contributed by atoms with van der Waals surface area (Å²) in [7, 11) is 1.69. The monoisotopic (exact) mass is 290 g/mol. The van der Waals surface area contributed by atoms with Gasteiger partial charge in [-0.25, -0.2) is 0 Å². The van der Waals surface area contributed by atoms with E-state index in [1.54, 1.807) is 7.11 Å². The van der Waals surface area contributed by atoms with E-state index in [4.69, 9.17) is 4.74 Å². The summed E-state index contributed by atoms with van der Waals surface area (Å²) >= 11 is 0. The summed E-state index contributed by atoms with van der Waals surface area (Å²) < 4.78 is 5.36. The second kappa shape index (κ2) is 7.05. The maximum absolute atomic E-state index is 12.1. The molecule has 1 saturated heterocycles. The maximum atomic E-state index is 12.1. The van der Waals surface area contributed by atoms with E-state index < -0.39 is 0 Å². The van der Waals surface area contributed by atoms with Crippen molar-refractivity contribution in [1.29, 1.82) is 0 Å². The fourth-order valence-corrected chi connectivity index (χ4v) is 2.79. The summed E-state index contributed by atoms with van der Waals surface area (Å²) in [6, 6.07) is 10.4. The molecule has 1 aromatic carbocycles. The van der Waals surface area contributed by atoms with Gasteiger partial charge in [0.2, 0.25) is 5.91 Å². The number of benzene rings is 1. The van der Waals surface area contributed by atoms with Gasteiger partial charge in [-0.3, -0.25) is 4.79 Å². The predicted molar refractivity (Wildman–Crippen MR) is 84.3 cm³/mol. The van der Waals surface area contributed by atoms with Crippen LogP contribution < -0.4 is 10.6 Å². The van der Waals surface area contributed by atoms with Gasteiger partial charge in [-0.1, -0.05) is 44.2 Å². The number of carbonyl (C=O) groups is 1. The molecule has 0 saturated carbocycles. The molecule has 2 atom stereocenters. The summed E-state index contributed by atoms with van der Waals surface area (Å²) in [5.41, 5.74) is 1.28. The largest absolute Gasteiger partial charge is 0.378 e. The van der Waals surface area contributed by atoms with E-state index in [1.165, 1.54) is 5.56 Å². The van der Waals surface area contributed by atoms with Crippen LogP contribution in [0.3, 0.4) is 0 Å². The molecule has 0 radical (unpaired) electrons. The van der Waals surface area contributed by atoms with Gasteiger partial charge in [0.25, 0.3) is 0 Å². The average Bonchev–Trinajstić information content (AvgIpc) is 2.93. The zero-order chi connectivity index (χ0) is 15.3. The Bertz CT molecular complexity index is 459. The van der Waals surface area contributed by atoms with Crippen LogP contribution >= 0.6 is 0 Å². The lowest BCUT2D eigenvalue weighted by atomic mass is 9.80. The van der Waals surface area contributed by atoms with Crippen LogP contribution in [0.25, 0.3) is 0 Å². The van der Waals surface area contributed by atoms with E-state index in [0.29, 0.717) is 6.42 Å². The Balaban J connectivity index is 1.83. The van der Waals surface area contributed by atoms with Crippen molar-refractivity contribution < 1.29 is 9.53 Å². The minimum absolute atomic E-state index is 0.00713. The second-order valence-corrected chi connectivity index (χ2v) is 6.36. The lowest BCUT2D eigenvalue weighted by Gasteiger charge is -2.26. The van der Waals surface area contributed by atoms with Crippen molar-refractivity contribution in [3.8, 4) is 0 Å². The van der Waals surface area contributed by atoms with Crippen molar-refractivity contribution in [3.05, 3.63) is 35.9 Å². The average molecular weight is 290 g/mol. The van der Waals surface area contributed by atoms with Crippen molar-refractivity contribution >= 4 is 5.91 Å². The van der Waals surface area contributed by atoms with Gasteiger partial charge in [0.15, 0.2) is 0 Å². The summed E-state index contributed by atoms with van der Waals surface area (Å²) in [6.45, 7) is 5.96. The zero-order valence-corrected chi connectivity index (χ0v) is 13.2. The molecular weight excluding hydrogens is 264 g/mol. The molecule has 1 amide bonds. The topological polar surface area (TPSA) is 50.4 Å². The molecule has 0 spiro atoms. The predicted octanol–water partition coefficient (Wildman–Crippen LogP) is 1.85. The van der Waals surface area contributed by atoms with Crippen LogP contribution in [0.5, 0.6) is 0 Å². The van der Waals surface area contributed by atoms with Gasteiger partial charge in [-0.2, -0.15) is 0 Å². The van der Waals surface area contributed by atoms with E-state index in [2.05, 4.69) is 36.6 Å². The van der Waals surface area contributed by atoms with Gasteiger partial charge >= 0.3 is 0 Å². The fraction of sp³-hybridized carbons (Fsp3) is 0.588. The Labute approximate surface area is 127 Å². The molecule has 1 heterocycles. The Kier molecular flexibility index (Phi) is 5.37. The molecule has 0 bridgehead atoms. The van der Waals surface area contributed by atoms with Crippen LogP contribution in [0.15, 0.2) is 30.3 Å². The van der Waals surface area contributed by atoms with E-state index in [9.17, 15) is 4.79 Å². The Morgan fingerprint density at radius 3 is 2.71 bits per heavy atom. The summed E-state index contributed by atoms with van der Waals surface area (Å²) in [4.78, 5) is 12.1. The number of rotatable bonds is 6. The van der Waals surface area contributed by atoms with Gasteiger partial charge in [-0.05, 0) is 17.4 Å². The normalized spacial score (nSPS) is 22.2. The molecule has 2 N–H and O–H groups in total. The zero-order valence-electron chi connectivity index (χ0n) is 13.2. The first-order chi connectivity index (χ1) is 10.0. The summed E-state index contributed by atoms with van der Waals surface area (Å²) in [6.07, 6.45) is 1.45. The van der Waals surface area contributed by atoms with E-state index >= 15 is 0 Å². The minimum Gasteiger partial charge on any atom is -0.378 e. The van der Waals surface area contributed by atoms with Crippen LogP contribution in [-0.4, -0.2) is 38.3 Å². The third kappa shape index (κ3) is 4.29. The second-order valence-electron chi connectivity index (χ2n) is 6.36. The van der Waals surface area contributed by atoms with Crippen LogP contribution in [-0.2, 0) is 14.9 Å². The molecule has 1 aliphatic heterocycles. The van der Waals surface area contributed by atoms with E-state index in [0.717, 1.165) is 19.5 Å². The number of methoxy groups -OCH3 is 1. The van der Waals surface area contributed by atoms with Gasteiger partial charge in [-0.15, -0.1) is 0 Å². The molecule has 2 rings (SSSR count). The van der Waals surface area contributed by atoms with Gasteiger partial charge in [0.05, 0.1) is 12.1 Å². The molecule has 1 fully saturated rings. The Morgan fingerprint density at radius 2 is 2.05 bits per heavy atom. The number of nitrogens with one attached hydrogen (secondary N) is 2. The Hall–Kier alpha value is -1.39. The standard InChI is InChI=1S/C17H26N2O2/c1-17(2,13-7-5-4-6-8-13)10-9-16(20)19-14-11-18-12-15(14)21-3/h4-8,14-15,18H,9-12H2,1-3H3,(H,19,20)/t14-,15+/m1/s1. The molecule has 1 aromatic rings. The SMILES string of the molecule is CO[C@H]1CNC[C@H]1NC(=O)CCC(C)(C)c1ccccc1. The quantitative estimate of drug-likeness (QED) is 0.840. The van der Waals surface area contributed by atoms with Crippen molar-refractivity contribution in [2.45, 2.75) is 44.2 Å².